The Morgan fingerprint density at radius 2 is 0.883 bits per heavy atom. The van der Waals surface area contributed by atoms with Crippen molar-refractivity contribution >= 4 is 86.3 Å². The summed E-state index contributed by atoms with van der Waals surface area (Å²) in [4.78, 5) is 16.8. The third kappa shape index (κ3) is 4.84. The Bertz CT molecular complexity index is 3720. The van der Waals surface area contributed by atoms with Gasteiger partial charge in [0.25, 0.3) is 0 Å². The molecular formula is C53H32N6S. The van der Waals surface area contributed by atoms with Crippen LogP contribution in [-0.4, -0.2) is 28.7 Å². The van der Waals surface area contributed by atoms with Crippen molar-refractivity contribution in [1.82, 2.24) is 28.7 Å². The highest BCUT2D eigenvalue weighted by Crippen LogP contribution is 2.43. The normalized spacial score (nSPS) is 12.0. The molecular weight excluding hydrogens is 753 g/mol. The monoisotopic (exact) mass is 784 g/mol. The number of rotatable bonds is 5. The number of hydrogen-bond donors (Lipinski definition) is 0. The van der Waals surface area contributed by atoms with Crippen LogP contribution in [0.15, 0.2) is 194 Å². The van der Waals surface area contributed by atoms with Crippen LogP contribution >= 0.6 is 11.3 Å². The van der Waals surface area contributed by atoms with Crippen LogP contribution in [0.4, 0.5) is 0 Å². The van der Waals surface area contributed by atoms with Crippen molar-refractivity contribution in [2.45, 2.75) is 0 Å². The number of fused-ring (bicyclic) bond motifs is 11. The second-order valence-corrected chi connectivity index (χ2v) is 16.3. The number of benzene rings is 7. The zero-order chi connectivity index (χ0) is 39.3. The van der Waals surface area contributed by atoms with Gasteiger partial charge in [-0.2, -0.15) is 0 Å². The van der Waals surface area contributed by atoms with E-state index in [4.69, 9.17) is 15.0 Å². The molecule has 0 aliphatic rings. The molecule has 0 unspecified atom stereocenters. The predicted molar refractivity (Wildman–Crippen MR) is 249 cm³/mol. The highest BCUT2D eigenvalue weighted by atomic mass is 32.1. The highest BCUT2D eigenvalue weighted by molar-refractivity contribution is 7.25. The lowest BCUT2D eigenvalue weighted by atomic mass is 10.1. The molecule has 0 saturated carbocycles. The zero-order valence-electron chi connectivity index (χ0n) is 32.1. The van der Waals surface area contributed by atoms with E-state index in [-0.39, 0.29) is 0 Å². The first-order valence-electron chi connectivity index (χ1n) is 20.1. The molecule has 13 aromatic rings. The van der Waals surface area contributed by atoms with Crippen LogP contribution in [-0.2, 0) is 0 Å². The Hall–Kier alpha value is -7.87. The molecule has 0 aliphatic heterocycles. The average Bonchev–Trinajstić information content (AvgIpc) is 4.05. The standard InChI is InChI=1S/C53H32N6S/c1-3-15-33(16-4-1)43-31-44(34-17-5-2-6-18-34)56-53(55-43)59-48-26-14-10-22-40(48)50-39-21-9-13-25-47(39)58(52(50)59)35-27-28-49-41(29-35)42-30-36(32-54-51(42)60-49)57-45-23-11-7-19-37(45)38-20-8-12-24-46(38)57/h1-32H. The SMILES string of the molecule is c1ccc(-c2cc(-c3ccccc3)nc(-n3c4ccccc4c4c5ccccc5n(-c5ccc6sc7ncc(-n8c9ccccc9c9ccccc98)cc7c6c5)c43)n2)cc1. The molecule has 0 bridgehead atoms. The summed E-state index contributed by atoms with van der Waals surface area (Å²) in [6.07, 6.45) is 2.02. The van der Waals surface area contributed by atoms with Crippen LogP contribution in [0.3, 0.4) is 0 Å². The second kappa shape index (κ2) is 12.8. The fourth-order valence-electron chi connectivity index (χ4n) is 9.31. The number of nitrogens with zero attached hydrogens (tertiary/aromatic N) is 6. The van der Waals surface area contributed by atoms with Gasteiger partial charge in [-0.15, -0.1) is 11.3 Å². The van der Waals surface area contributed by atoms with E-state index in [2.05, 4.69) is 190 Å². The minimum Gasteiger partial charge on any atom is -0.308 e. The largest absolute Gasteiger partial charge is 0.308 e. The van der Waals surface area contributed by atoms with Crippen molar-refractivity contribution in [3.63, 3.8) is 0 Å². The molecule has 7 heteroatoms. The minimum atomic E-state index is 0.618. The van der Waals surface area contributed by atoms with E-state index in [1.165, 1.54) is 42.7 Å². The van der Waals surface area contributed by atoms with Gasteiger partial charge in [0.05, 0.1) is 45.3 Å². The van der Waals surface area contributed by atoms with Gasteiger partial charge in [-0.1, -0.05) is 133 Å². The Labute approximate surface area is 347 Å². The smallest absolute Gasteiger partial charge is 0.236 e. The van der Waals surface area contributed by atoms with E-state index >= 15 is 0 Å². The lowest BCUT2D eigenvalue weighted by Crippen LogP contribution is -2.07. The molecule has 280 valence electrons. The highest BCUT2D eigenvalue weighted by Gasteiger charge is 2.25. The topological polar surface area (TPSA) is 53.5 Å². The van der Waals surface area contributed by atoms with Crippen LogP contribution < -0.4 is 0 Å². The minimum absolute atomic E-state index is 0.618. The van der Waals surface area contributed by atoms with E-state index in [1.54, 1.807) is 11.3 Å². The quantitative estimate of drug-likeness (QED) is 0.175. The first-order valence-corrected chi connectivity index (χ1v) is 20.9. The third-order valence-corrected chi connectivity index (χ3v) is 13.0. The summed E-state index contributed by atoms with van der Waals surface area (Å²) in [5.74, 6) is 0.618. The molecule has 0 radical (unpaired) electrons. The summed E-state index contributed by atoms with van der Waals surface area (Å²) in [7, 11) is 0. The molecule has 0 atom stereocenters. The maximum atomic E-state index is 5.37. The van der Waals surface area contributed by atoms with Crippen molar-refractivity contribution < 1.29 is 0 Å². The van der Waals surface area contributed by atoms with Crippen molar-refractivity contribution in [2.75, 3.05) is 0 Å². The van der Waals surface area contributed by atoms with E-state index in [1.807, 2.05) is 18.3 Å². The zero-order valence-corrected chi connectivity index (χ0v) is 32.9. The molecule has 0 spiro atoms. The number of aromatic nitrogens is 6. The maximum Gasteiger partial charge on any atom is 0.236 e. The molecule has 6 aromatic heterocycles. The summed E-state index contributed by atoms with van der Waals surface area (Å²) in [5, 5.41) is 8.27. The maximum absolute atomic E-state index is 5.37. The number of hydrogen-bond acceptors (Lipinski definition) is 4. The Balaban J connectivity index is 1.09. The van der Waals surface area contributed by atoms with E-state index < -0.39 is 0 Å². The molecule has 0 amide bonds. The fourth-order valence-corrected chi connectivity index (χ4v) is 10.3. The van der Waals surface area contributed by atoms with Crippen molar-refractivity contribution in [3.8, 4) is 39.8 Å². The first-order chi connectivity index (χ1) is 29.8. The number of pyridine rings is 1. The van der Waals surface area contributed by atoms with Crippen LogP contribution in [0.2, 0.25) is 0 Å². The molecule has 7 aromatic carbocycles. The molecule has 0 N–H and O–H groups in total. The molecule has 0 fully saturated rings. The van der Waals surface area contributed by atoms with Gasteiger partial charge in [0.15, 0.2) is 0 Å². The number of para-hydroxylation sites is 4. The van der Waals surface area contributed by atoms with Crippen molar-refractivity contribution in [3.05, 3.63) is 194 Å². The van der Waals surface area contributed by atoms with Gasteiger partial charge in [0.2, 0.25) is 5.95 Å². The summed E-state index contributed by atoms with van der Waals surface area (Å²) in [5.41, 5.74) is 11.4. The molecule has 6 heterocycles. The van der Waals surface area contributed by atoms with Crippen LogP contribution in [0.25, 0.3) is 115 Å². The lowest BCUT2D eigenvalue weighted by Gasteiger charge is -2.14. The van der Waals surface area contributed by atoms with E-state index in [9.17, 15) is 0 Å². The predicted octanol–water partition coefficient (Wildman–Crippen LogP) is 13.7. The Morgan fingerprint density at radius 1 is 0.383 bits per heavy atom. The number of thiophene rings is 1. The van der Waals surface area contributed by atoms with Gasteiger partial charge in [0.1, 0.15) is 10.5 Å². The molecule has 60 heavy (non-hydrogen) atoms. The Morgan fingerprint density at radius 3 is 1.48 bits per heavy atom. The molecule has 13 rings (SSSR count). The summed E-state index contributed by atoms with van der Waals surface area (Å²) < 4.78 is 8.21. The Kier molecular flexibility index (Phi) is 7.08. The molecule has 0 aliphatic carbocycles. The lowest BCUT2D eigenvalue weighted by molar-refractivity contribution is 0.964. The van der Waals surface area contributed by atoms with E-state index in [0.29, 0.717) is 5.95 Å². The van der Waals surface area contributed by atoms with Gasteiger partial charge in [-0.25, -0.2) is 15.0 Å². The second-order valence-electron chi connectivity index (χ2n) is 15.3. The van der Waals surface area contributed by atoms with Gasteiger partial charge >= 0.3 is 0 Å². The van der Waals surface area contributed by atoms with Crippen LogP contribution in [0.1, 0.15) is 0 Å². The third-order valence-electron chi connectivity index (χ3n) is 11.9. The van der Waals surface area contributed by atoms with Gasteiger partial charge in [-0.3, -0.25) is 9.13 Å². The summed E-state index contributed by atoms with van der Waals surface area (Å²) >= 11 is 1.74. The average molecular weight is 785 g/mol. The summed E-state index contributed by atoms with van der Waals surface area (Å²) in [6.45, 7) is 0. The first kappa shape index (κ1) is 33.1. The van der Waals surface area contributed by atoms with E-state index in [0.717, 1.165) is 66.2 Å². The van der Waals surface area contributed by atoms with Crippen molar-refractivity contribution in [1.29, 1.82) is 0 Å². The fraction of sp³-hybridized carbons (Fsp3) is 0. The van der Waals surface area contributed by atoms with Gasteiger partial charge in [0, 0.05) is 59.2 Å². The van der Waals surface area contributed by atoms with Crippen LogP contribution in [0.5, 0.6) is 0 Å². The molecule has 0 saturated heterocycles. The van der Waals surface area contributed by atoms with Crippen molar-refractivity contribution in [2.24, 2.45) is 0 Å². The van der Waals surface area contributed by atoms with Crippen LogP contribution in [0, 0.1) is 0 Å². The molecule has 6 nitrogen and oxygen atoms in total. The summed E-state index contributed by atoms with van der Waals surface area (Å²) in [6, 6.07) is 66.7. The van der Waals surface area contributed by atoms with Gasteiger partial charge < -0.3 is 4.57 Å². The van der Waals surface area contributed by atoms with Gasteiger partial charge in [-0.05, 0) is 54.6 Å².